The maximum absolute atomic E-state index is 12.7. The van der Waals surface area contributed by atoms with Crippen LogP contribution < -0.4 is 5.56 Å². The average Bonchev–Trinajstić information content (AvgIpc) is 3.03. The van der Waals surface area contributed by atoms with Crippen molar-refractivity contribution in [2.45, 2.75) is 13.5 Å². The van der Waals surface area contributed by atoms with Crippen molar-refractivity contribution in [3.8, 4) is 17.1 Å². The summed E-state index contributed by atoms with van der Waals surface area (Å²) in [7, 11) is 0. The first-order valence-electron chi connectivity index (χ1n) is 8.19. The lowest BCUT2D eigenvalue weighted by molar-refractivity contribution is 0.621. The van der Waals surface area contributed by atoms with Gasteiger partial charge in [0.25, 0.3) is 5.56 Å². The summed E-state index contributed by atoms with van der Waals surface area (Å²) in [6, 6.07) is 12.4. The minimum atomic E-state index is -0.256. The SMILES string of the molecule is CCn1ncc2c(nc(-c3ccc(Cl)cc3)n2-c2ccc(Cl)cc2Cl)c1=O. The Morgan fingerprint density at radius 1 is 1.00 bits per heavy atom. The molecule has 2 aromatic heterocycles. The fourth-order valence-electron chi connectivity index (χ4n) is 2.93. The predicted molar refractivity (Wildman–Crippen MR) is 109 cm³/mol. The lowest BCUT2D eigenvalue weighted by Gasteiger charge is -2.11. The Kier molecular flexibility index (Phi) is 4.68. The summed E-state index contributed by atoms with van der Waals surface area (Å²) in [4.78, 5) is 17.3. The van der Waals surface area contributed by atoms with Gasteiger partial charge >= 0.3 is 0 Å². The van der Waals surface area contributed by atoms with Gasteiger partial charge in [-0.15, -0.1) is 0 Å². The Labute approximate surface area is 169 Å². The molecule has 2 heterocycles. The van der Waals surface area contributed by atoms with Gasteiger partial charge in [-0.3, -0.25) is 9.36 Å². The first-order valence-corrected chi connectivity index (χ1v) is 9.33. The normalized spacial score (nSPS) is 11.3. The van der Waals surface area contributed by atoms with Crippen LogP contribution in [0.2, 0.25) is 15.1 Å². The van der Waals surface area contributed by atoms with E-state index in [4.69, 9.17) is 34.8 Å². The molecule has 0 aliphatic carbocycles. The molecular formula is C19H13Cl3N4O. The van der Waals surface area contributed by atoms with Crippen molar-refractivity contribution >= 4 is 45.8 Å². The van der Waals surface area contributed by atoms with Gasteiger partial charge in [0.2, 0.25) is 0 Å². The maximum atomic E-state index is 12.7. The number of benzene rings is 2. The molecule has 0 spiro atoms. The van der Waals surface area contributed by atoms with Crippen LogP contribution in [0.4, 0.5) is 0 Å². The third-order valence-electron chi connectivity index (χ3n) is 4.22. The molecule has 5 nitrogen and oxygen atoms in total. The molecule has 27 heavy (non-hydrogen) atoms. The number of hydrogen-bond donors (Lipinski definition) is 0. The largest absolute Gasteiger partial charge is 0.294 e. The van der Waals surface area contributed by atoms with Gasteiger partial charge in [-0.2, -0.15) is 5.10 Å². The van der Waals surface area contributed by atoms with Crippen molar-refractivity contribution in [3.05, 3.63) is 74.1 Å². The smallest absolute Gasteiger partial charge is 0.289 e. The first-order chi connectivity index (χ1) is 13.0. The number of nitrogens with zero attached hydrogens (tertiary/aromatic N) is 4. The van der Waals surface area contributed by atoms with Gasteiger partial charge in [0.15, 0.2) is 5.52 Å². The van der Waals surface area contributed by atoms with E-state index in [0.29, 0.717) is 44.2 Å². The van der Waals surface area contributed by atoms with Gasteiger partial charge < -0.3 is 0 Å². The molecule has 4 aromatic rings. The van der Waals surface area contributed by atoms with Crippen molar-refractivity contribution in [1.82, 2.24) is 19.3 Å². The number of fused-ring (bicyclic) bond motifs is 1. The summed E-state index contributed by atoms with van der Waals surface area (Å²) in [5.74, 6) is 0.568. The summed E-state index contributed by atoms with van der Waals surface area (Å²) < 4.78 is 3.18. The van der Waals surface area contributed by atoms with E-state index < -0.39 is 0 Å². The zero-order valence-electron chi connectivity index (χ0n) is 14.2. The second kappa shape index (κ2) is 7.00. The summed E-state index contributed by atoms with van der Waals surface area (Å²) in [5.41, 5.74) is 2.09. The van der Waals surface area contributed by atoms with Gasteiger partial charge in [-0.25, -0.2) is 9.67 Å². The van der Waals surface area contributed by atoms with Crippen molar-refractivity contribution < 1.29 is 0 Å². The Hall–Kier alpha value is -2.34. The molecule has 8 heteroatoms. The highest BCUT2D eigenvalue weighted by molar-refractivity contribution is 6.35. The Bertz CT molecular complexity index is 1210. The van der Waals surface area contributed by atoms with E-state index in [1.165, 1.54) is 4.68 Å². The minimum Gasteiger partial charge on any atom is -0.289 e. The van der Waals surface area contributed by atoms with Crippen LogP contribution >= 0.6 is 34.8 Å². The molecule has 4 rings (SSSR count). The molecule has 0 amide bonds. The zero-order chi connectivity index (χ0) is 19.1. The molecule has 0 unspecified atom stereocenters. The topological polar surface area (TPSA) is 52.7 Å². The van der Waals surface area contributed by atoms with E-state index in [0.717, 1.165) is 5.56 Å². The van der Waals surface area contributed by atoms with Gasteiger partial charge in [0, 0.05) is 22.2 Å². The minimum absolute atomic E-state index is 0.256. The number of halogens is 3. The Morgan fingerprint density at radius 2 is 1.70 bits per heavy atom. The molecular weight excluding hydrogens is 407 g/mol. The second-order valence-corrected chi connectivity index (χ2v) is 7.15. The highest BCUT2D eigenvalue weighted by Crippen LogP contribution is 2.32. The van der Waals surface area contributed by atoms with Gasteiger partial charge in [0.05, 0.1) is 22.4 Å². The van der Waals surface area contributed by atoms with Crippen LogP contribution in [0.1, 0.15) is 6.92 Å². The molecule has 0 aliphatic rings. The van der Waals surface area contributed by atoms with Crippen molar-refractivity contribution in [3.63, 3.8) is 0 Å². The van der Waals surface area contributed by atoms with E-state index in [1.807, 2.05) is 23.6 Å². The molecule has 0 saturated heterocycles. The van der Waals surface area contributed by atoms with E-state index in [1.54, 1.807) is 36.5 Å². The number of aromatic nitrogens is 4. The van der Waals surface area contributed by atoms with E-state index in [-0.39, 0.29) is 5.56 Å². The van der Waals surface area contributed by atoms with Crippen molar-refractivity contribution in [2.75, 3.05) is 0 Å². The summed E-state index contributed by atoms with van der Waals surface area (Å²) >= 11 is 18.5. The van der Waals surface area contributed by atoms with Crippen LogP contribution in [-0.2, 0) is 6.54 Å². The molecule has 0 radical (unpaired) electrons. The molecule has 0 aliphatic heterocycles. The first kappa shape index (κ1) is 18.0. The Morgan fingerprint density at radius 3 is 2.37 bits per heavy atom. The quantitative estimate of drug-likeness (QED) is 0.457. The van der Waals surface area contributed by atoms with Crippen LogP contribution in [0.15, 0.2) is 53.5 Å². The number of hydrogen-bond acceptors (Lipinski definition) is 3. The molecule has 0 bridgehead atoms. The van der Waals surface area contributed by atoms with E-state index in [2.05, 4.69) is 10.1 Å². The molecule has 136 valence electrons. The molecule has 0 atom stereocenters. The average molecular weight is 420 g/mol. The van der Waals surface area contributed by atoms with Gasteiger partial charge in [-0.1, -0.05) is 34.8 Å². The van der Waals surface area contributed by atoms with Crippen LogP contribution in [-0.4, -0.2) is 19.3 Å². The van der Waals surface area contributed by atoms with Crippen LogP contribution in [0.5, 0.6) is 0 Å². The molecule has 2 aromatic carbocycles. The van der Waals surface area contributed by atoms with Crippen LogP contribution in [0.25, 0.3) is 28.1 Å². The van der Waals surface area contributed by atoms with Crippen molar-refractivity contribution in [1.29, 1.82) is 0 Å². The zero-order valence-corrected chi connectivity index (χ0v) is 16.4. The Balaban J connectivity index is 2.10. The van der Waals surface area contributed by atoms with Crippen LogP contribution in [0.3, 0.4) is 0 Å². The number of imidazole rings is 1. The van der Waals surface area contributed by atoms with Gasteiger partial charge in [-0.05, 0) is 49.4 Å². The van der Waals surface area contributed by atoms with Gasteiger partial charge in [0.1, 0.15) is 5.82 Å². The third-order valence-corrected chi connectivity index (χ3v) is 5.01. The molecule has 0 saturated carbocycles. The summed E-state index contributed by atoms with van der Waals surface area (Å²) in [5, 5.41) is 5.81. The van der Waals surface area contributed by atoms with E-state index in [9.17, 15) is 4.79 Å². The number of rotatable bonds is 3. The maximum Gasteiger partial charge on any atom is 0.294 e. The second-order valence-electron chi connectivity index (χ2n) is 5.87. The summed E-state index contributed by atoms with van der Waals surface area (Å²) in [6.45, 7) is 2.31. The number of aryl methyl sites for hydroxylation is 1. The standard InChI is InChI=1S/C19H13Cl3N4O/c1-2-25-19(27)17-16(10-23-25)26(15-8-7-13(21)9-14(15)22)18(24-17)11-3-5-12(20)6-4-11/h3-10H,2H2,1H3. The third kappa shape index (κ3) is 3.12. The molecule has 0 N–H and O–H groups in total. The lowest BCUT2D eigenvalue weighted by Crippen LogP contribution is -2.21. The van der Waals surface area contributed by atoms with Crippen LogP contribution in [0, 0.1) is 0 Å². The van der Waals surface area contributed by atoms with Crippen molar-refractivity contribution in [2.24, 2.45) is 0 Å². The van der Waals surface area contributed by atoms with E-state index >= 15 is 0 Å². The highest BCUT2D eigenvalue weighted by Gasteiger charge is 2.19. The lowest BCUT2D eigenvalue weighted by atomic mass is 10.2. The molecule has 0 fully saturated rings. The fraction of sp³-hybridized carbons (Fsp3) is 0.105. The fourth-order valence-corrected chi connectivity index (χ4v) is 3.55. The predicted octanol–water partition coefficient (Wildman–Crippen LogP) is 5.23. The summed E-state index contributed by atoms with van der Waals surface area (Å²) in [6.07, 6.45) is 1.62. The highest BCUT2D eigenvalue weighted by atomic mass is 35.5. The monoisotopic (exact) mass is 418 g/mol.